The van der Waals surface area contributed by atoms with Crippen LogP contribution in [0.2, 0.25) is 0 Å². The van der Waals surface area contributed by atoms with Crippen LogP contribution in [-0.2, 0) is 6.42 Å². The second-order valence-corrected chi connectivity index (χ2v) is 6.71. The first-order valence-electron chi connectivity index (χ1n) is 9.40. The summed E-state index contributed by atoms with van der Waals surface area (Å²) in [4.78, 5) is 0. The topological polar surface area (TPSA) is 9.23 Å². The van der Waals surface area contributed by atoms with Gasteiger partial charge in [0.05, 0.1) is 6.61 Å². The molecule has 2 aromatic carbocycles. The van der Waals surface area contributed by atoms with Crippen LogP contribution in [0.3, 0.4) is 0 Å². The highest BCUT2D eigenvalue weighted by molar-refractivity contribution is 5.75. The van der Waals surface area contributed by atoms with Crippen LogP contribution in [0.5, 0.6) is 5.75 Å². The Morgan fingerprint density at radius 2 is 1.64 bits per heavy atom. The Hall–Kier alpha value is -1.90. The summed E-state index contributed by atoms with van der Waals surface area (Å²) in [6, 6.07) is 9.79. The third kappa shape index (κ3) is 3.42. The minimum absolute atomic E-state index is 0.128. The summed E-state index contributed by atoms with van der Waals surface area (Å²) in [6.45, 7) is 4.03. The third-order valence-corrected chi connectivity index (χ3v) is 5.19. The molecule has 1 aliphatic carbocycles. The van der Waals surface area contributed by atoms with Crippen molar-refractivity contribution in [3.8, 4) is 16.9 Å². The van der Waals surface area contributed by atoms with Crippen LogP contribution in [0, 0.1) is 11.6 Å². The van der Waals surface area contributed by atoms with Crippen molar-refractivity contribution in [2.24, 2.45) is 0 Å². The molecule has 1 nitrogen and oxygen atoms in total. The Labute approximate surface area is 149 Å². The van der Waals surface area contributed by atoms with E-state index in [-0.39, 0.29) is 11.7 Å². The molecule has 0 amide bonds. The van der Waals surface area contributed by atoms with Crippen LogP contribution < -0.4 is 4.74 Å². The Balaban J connectivity index is 2.32. The molecule has 0 heterocycles. The fraction of sp³-hybridized carbons (Fsp3) is 0.455. The normalized spacial score (nSPS) is 15.4. The molecule has 0 bridgehead atoms. The molecule has 0 aromatic heterocycles. The zero-order chi connectivity index (χ0) is 17.8. The fourth-order valence-corrected chi connectivity index (χ4v) is 4.07. The van der Waals surface area contributed by atoms with Gasteiger partial charge in [-0.1, -0.05) is 56.5 Å². The zero-order valence-corrected chi connectivity index (χ0v) is 15.1. The summed E-state index contributed by atoms with van der Waals surface area (Å²) in [5.41, 5.74) is 3.13. The van der Waals surface area contributed by atoms with Crippen molar-refractivity contribution < 1.29 is 13.5 Å². The van der Waals surface area contributed by atoms with Crippen molar-refractivity contribution in [1.82, 2.24) is 0 Å². The monoisotopic (exact) mass is 344 g/mol. The molecular formula is C22H26F2O. The van der Waals surface area contributed by atoms with E-state index in [1.807, 2.05) is 44.2 Å². The van der Waals surface area contributed by atoms with E-state index in [0.717, 1.165) is 42.4 Å². The largest absolute Gasteiger partial charge is 0.490 e. The molecule has 0 spiro atoms. The van der Waals surface area contributed by atoms with Crippen molar-refractivity contribution in [3.05, 3.63) is 53.1 Å². The first kappa shape index (κ1) is 17.9. The highest BCUT2D eigenvalue weighted by atomic mass is 19.2. The lowest BCUT2D eigenvalue weighted by molar-refractivity contribution is 0.302. The second-order valence-electron chi connectivity index (χ2n) is 6.71. The van der Waals surface area contributed by atoms with E-state index in [4.69, 9.17) is 4.74 Å². The molecule has 3 rings (SSSR count). The first-order chi connectivity index (χ1) is 12.2. The summed E-state index contributed by atoms with van der Waals surface area (Å²) >= 11 is 0. The quantitative estimate of drug-likeness (QED) is 0.590. The van der Waals surface area contributed by atoms with Crippen molar-refractivity contribution >= 4 is 0 Å². The van der Waals surface area contributed by atoms with Gasteiger partial charge in [0.1, 0.15) is 0 Å². The molecule has 0 saturated heterocycles. The molecule has 25 heavy (non-hydrogen) atoms. The molecule has 3 heteroatoms. The van der Waals surface area contributed by atoms with Crippen molar-refractivity contribution in [2.45, 2.75) is 58.3 Å². The third-order valence-electron chi connectivity index (χ3n) is 5.19. The molecule has 0 radical (unpaired) electrons. The van der Waals surface area contributed by atoms with E-state index in [9.17, 15) is 8.78 Å². The fourth-order valence-electron chi connectivity index (χ4n) is 4.07. The van der Waals surface area contributed by atoms with E-state index in [1.54, 1.807) is 0 Å². The van der Waals surface area contributed by atoms with Gasteiger partial charge in [-0.3, -0.25) is 0 Å². The lowest BCUT2D eigenvalue weighted by Gasteiger charge is -2.29. The van der Waals surface area contributed by atoms with Gasteiger partial charge in [0.25, 0.3) is 0 Å². The lowest BCUT2D eigenvalue weighted by Crippen LogP contribution is -2.14. The Morgan fingerprint density at radius 1 is 0.960 bits per heavy atom. The molecule has 0 N–H and O–H groups in total. The minimum atomic E-state index is -0.820. The lowest BCUT2D eigenvalue weighted by atomic mass is 9.78. The molecule has 0 atom stereocenters. The molecule has 0 unspecified atom stereocenters. The van der Waals surface area contributed by atoms with Gasteiger partial charge in [0, 0.05) is 5.56 Å². The highest BCUT2D eigenvalue weighted by Crippen LogP contribution is 2.47. The zero-order valence-electron chi connectivity index (χ0n) is 15.1. The maximum atomic E-state index is 14.8. The summed E-state index contributed by atoms with van der Waals surface area (Å²) in [6.07, 6.45) is 5.95. The number of hydrogen-bond donors (Lipinski definition) is 0. The Morgan fingerprint density at radius 3 is 2.24 bits per heavy atom. The van der Waals surface area contributed by atoms with E-state index >= 15 is 0 Å². The van der Waals surface area contributed by atoms with Crippen molar-refractivity contribution in [1.29, 1.82) is 0 Å². The molecule has 134 valence electrons. The van der Waals surface area contributed by atoms with Crippen LogP contribution in [0.25, 0.3) is 11.1 Å². The van der Waals surface area contributed by atoms with Gasteiger partial charge >= 0.3 is 0 Å². The van der Waals surface area contributed by atoms with Crippen LogP contribution in [0.1, 0.15) is 63.0 Å². The van der Waals surface area contributed by atoms with E-state index < -0.39 is 11.6 Å². The maximum absolute atomic E-state index is 14.8. The average Bonchev–Trinajstić information content (AvgIpc) is 2.67. The standard InChI is InChI=1S/C22H26F2O/c1-3-17-18(15-11-7-5-8-12-15)19(16-13-9-6-10-14-16)22(25-4-2)21(24)20(17)23/h5,7-8,11-12,16H,3-4,6,9-10,13-14H2,1-2H3. The molecular weight excluding hydrogens is 318 g/mol. The number of rotatable bonds is 5. The van der Waals surface area contributed by atoms with Crippen LogP contribution >= 0.6 is 0 Å². The number of halogens is 2. The van der Waals surface area contributed by atoms with Gasteiger partial charge < -0.3 is 4.74 Å². The van der Waals surface area contributed by atoms with Crippen LogP contribution in [0.4, 0.5) is 8.78 Å². The highest BCUT2D eigenvalue weighted by Gasteiger charge is 2.30. The first-order valence-corrected chi connectivity index (χ1v) is 9.40. The minimum Gasteiger partial charge on any atom is -0.490 e. The molecule has 0 aliphatic heterocycles. The molecule has 2 aromatic rings. The van der Waals surface area contributed by atoms with Gasteiger partial charge in [-0.05, 0) is 48.8 Å². The maximum Gasteiger partial charge on any atom is 0.201 e. The van der Waals surface area contributed by atoms with Gasteiger partial charge in [0.2, 0.25) is 5.82 Å². The number of benzene rings is 2. The van der Waals surface area contributed by atoms with Crippen molar-refractivity contribution in [2.75, 3.05) is 6.61 Å². The van der Waals surface area contributed by atoms with Crippen LogP contribution in [0.15, 0.2) is 30.3 Å². The predicted octanol–water partition coefficient (Wildman–Crippen LogP) is 6.64. The Bertz CT molecular complexity index is 719. The van der Waals surface area contributed by atoms with E-state index in [0.29, 0.717) is 18.6 Å². The van der Waals surface area contributed by atoms with Gasteiger partial charge in [-0.15, -0.1) is 0 Å². The summed E-state index contributed by atoms with van der Waals surface area (Å²) in [7, 11) is 0. The summed E-state index contributed by atoms with van der Waals surface area (Å²) < 4.78 is 35.3. The molecule has 1 saturated carbocycles. The van der Waals surface area contributed by atoms with Gasteiger partial charge in [-0.2, -0.15) is 4.39 Å². The SMILES string of the molecule is CCOc1c(F)c(F)c(CC)c(-c2ccccc2)c1C1CCCCC1. The number of ether oxygens (including phenoxy) is 1. The van der Waals surface area contributed by atoms with Gasteiger partial charge in [-0.25, -0.2) is 4.39 Å². The van der Waals surface area contributed by atoms with E-state index in [1.165, 1.54) is 6.42 Å². The second kappa shape index (κ2) is 7.99. The Kier molecular flexibility index (Phi) is 5.72. The molecule has 1 fully saturated rings. The van der Waals surface area contributed by atoms with Gasteiger partial charge in [0.15, 0.2) is 11.6 Å². The summed E-state index contributed by atoms with van der Waals surface area (Å²) in [5.74, 6) is -1.22. The number of hydrogen-bond acceptors (Lipinski definition) is 1. The predicted molar refractivity (Wildman–Crippen MR) is 98.2 cm³/mol. The molecule has 1 aliphatic rings. The van der Waals surface area contributed by atoms with E-state index in [2.05, 4.69) is 0 Å². The summed E-state index contributed by atoms with van der Waals surface area (Å²) in [5, 5.41) is 0. The van der Waals surface area contributed by atoms with Crippen LogP contribution in [-0.4, -0.2) is 6.61 Å². The van der Waals surface area contributed by atoms with Crippen molar-refractivity contribution in [3.63, 3.8) is 0 Å². The smallest absolute Gasteiger partial charge is 0.201 e. The average molecular weight is 344 g/mol.